The number of alkyl halides is 1. The first-order chi connectivity index (χ1) is 11.9. The van der Waals surface area contributed by atoms with Crippen molar-refractivity contribution in [2.45, 2.75) is 38.3 Å². The molecule has 0 unspecified atom stereocenters. The quantitative estimate of drug-likeness (QED) is 0.676. The molecule has 1 saturated heterocycles. The summed E-state index contributed by atoms with van der Waals surface area (Å²) in [4.78, 5) is 14.4. The first-order valence-corrected chi connectivity index (χ1v) is 9.48. The summed E-state index contributed by atoms with van der Waals surface area (Å²) in [5.41, 5.74) is -1.01. The topological polar surface area (TPSA) is 32.3 Å². The molecule has 6 heteroatoms. The molecule has 3 nitrogen and oxygen atoms in total. The van der Waals surface area contributed by atoms with Crippen molar-refractivity contribution in [2.75, 3.05) is 26.2 Å². The van der Waals surface area contributed by atoms with E-state index in [1.54, 1.807) is 6.07 Å². The Labute approximate surface area is 159 Å². The Hall–Kier alpha value is -1.10. The van der Waals surface area contributed by atoms with Crippen LogP contribution in [0.3, 0.4) is 0 Å². The van der Waals surface area contributed by atoms with Crippen molar-refractivity contribution >= 4 is 29.1 Å². The summed E-state index contributed by atoms with van der Waals surface area (Å²) in [5.74, 6) is -0.355. The van der Waals surface area contributed by atoms with Gasteiger partial charge in [-0.1, -0.05) is 48.7 Å². The zero-order valence-electron chi connectivity index (χ0n) is 14.5. The fourth-order valence-corrected chi connectivity index (χ4v) is 3.37. The molecule has 1 amide bonds. The van der Waals surface area contributed by atoms with Crippen molar-refractivity contribution in [2.24, 2.45) is 0 Å². The van der Waals surface area contributed by atoms with Crippen LogP contribution >= 0.6 is 23.2 Å². The summed E-state index contributed by atoms with van der Waals surface area (Å²) in [7, 11) is 0. The average molecular weight is 387 g/mol. The highest BCUT2D eigenvalue weighted by Gasteiger charge is 2.34. The van der Waals surface area contributed by atoms with Gasteiger partial charge in [-0.2, -0.15) is 0 Å². The minimum atomic E-state index is -1.36. The second-order valence-electron chi connectivity index (χ2n) is 6.55. The molecule has 25 heavy (non-hydrogen) atoms. The molecule has 2 rings (SSSR count). The standard InChI is InChI=1S/C19H25Cl2FN2O/c1-2-3-4-5-8-24-9-6-19(22,7-10-24)14-23-18(25)15-11-16(20)13-17(21)12-15/h4-5,11-13H,2-3,6-10,14H2,1H3,(H,23,25)/b5-4+. The number of nitrogens with one attached hydrogen (secondary N) is 1. The fraction of sp³-hybridized carbons (Fsp3) is 0.526. The van der Waals surface area contributed by atoms with Crippen LogP contribution in [0, 0.1) is 0 Å². The summed E-state index contributed by atoms with van der Waals surface area (Å²) < 4.78 is 14.9. The normalized spacial score (nSPS) is 17.8. The lowest BCUT2D eigenvalue weighted by molar-refractivity contribution is 0.0584. The van der Waals surface area contributed by atoms with Crippen LogP contribution in [0.2, 0.25) is 10.0 Å². The van der Waals surface area contributed by atoms with Crippen molar-refractivity contribution in [1.29, 1.82) is 0 Å². The molecule has 0 aromatic heterocycles. The number of carbonyl (C=O) groups excluding carboxylic acids is 1. The molecule has 1 aliphatic rings. The van der Waals surface area contributed by atoms with Gasteiger partial charge in [0.25, 0.3) is 5.91 Å². The first-order valence-electron chi connectivity index (χ1n) is 8.72. The monoisotopic (exact) mass is 386 g/mol. The highest BCUT2D eigenvalue weighted by molar-refractivity contribution is 6.35. The number of hydrogen-bond donors (Lipinski definition) is 1. The van der Waals surface area contributed by atoms with Gasteiger partial charge in [0, 0.05) is 35.2 Å². The number of piperidine rings is 1. The Morgan fingerprint density at radius 3 is 2.48 bits per heavy atom. The Morgan fingerprint density at radius 1 is 1.24 bits per heavy atom. The maximum Gasteiger partial charge on any atom is 0.251 e. The highest BCUT2D eigenvalue weighted by Crippen LogP contribution is 2.26. The number of halogens is 3. The minimum absolute atomic E-state index is 0.00940. The Morgan fingerprint density at radius 2 is 1.88 bits per heavy atom. The molecule has 0 spiro atoms. The van der Waals surface area contributed by atoms with Crippen LogP contribution in [0.25, 0.3) is 0 Å². The van der Waals surface area contributed by atoms with E-state index in [0.29, 0.717) is 41.5 Å². The van der Waals surface area contributed by atoms with Gasteiger partial charge in [0.15, 0.2) is 0 Å². The Kier molecular flexibility index (Phi) is 7.73. The molecular weight excluding hydrogens is 362 g/mol. The molecule has 1 aliphatic heterocycles. The summed E-state index contributed by atoms with van der Waals surface area (Å²) in [6, 6.07) is 4.61. The largest absolute Gasteiger partial charge is 0.349 e. The third-order valence-electron chi connectivity index (χ3n) is 4.43. The van der Waals surface area contributed by atoms with Gasteiger partial charge < -0.3 is 5.32 Å². The van der Waals surface area contributed by atoms with Crippen LogP contribution in [0.1, 0.15) is 43.0 Å². The lowest BCUT2D eigenvalue weighted by Crippen LogP contribution is -2.48. The maximum atomic E-state index is 14.9. The van der Waals surface area contributed by atoms with Crippen molar-refractivity contribution in [3.63, 3.8) is 0 Å². The van der Waals surface area contributed by atoms with Crippen LogP contribution in [0.15, 0.2) is 30.4 Å². The van der Waals surface area contributed by atoms with Gasteiger partial charge in [-0.15, -0.1) is 0 Å². The molecule has 0 radical (unpaired) electrons. The molecule has 1 aromatic carbocycles. The fourth-order valence-electron chi connectivity index (χ4n) is 2.85. The first kappa shape index (κ1) is 20.2. The Balaban J connectivity index is 1.80. The number of likely N-dealkylation sites (tertiary alicyclic amines) is 1. The maximum absolute atomic E-state index is 14.9. The van der Waals surface area contributed by atoms with E-state index in [4.69, 9.17) is 23.2 Å². The predicted octanol–water partition coefficient (Wildman–Crippen LogP) is 4.88. The van der Waals surface area contributed by atoms with Crippen LogP contribution in [0.5, 0.6) is 0 Å². The minimum Gasteiger partial charge on any atom is -0.349 e. The summed E-state index contributed by atoms with van der Waals surface area (Å²) in [6.07, 6.45) is 7.39. The third kappa shape index (κ3) is 6.61. The van der Waals surface area contributed by atoms with E-state index in [0.717, 1.165) is 19.4 Å². The Bertz CT molecular complexity index is 593. The van der Waals surface area contributed by atoms with Crippen LogP contribution in [-0.4, -0.2) is 42.7 Å². The lowest BCUT2D eigenvalue weighted by atomic mass is 9.93. The van der Waals surface area contributed by atoms with E-state index in [1.807, 2.05) is 0 Å². The number of amides is 1. The number of hydrogen-bond acceptors (Lipinski definition) is 2. The molecule has 1 aromatic rings. The van der Waals surface area contributed by atoms with E-state index < -0.39 is 5.67 Å². The van der Waals surface area contributed by atoms with Crippen molar-refractivity contribution in [3.05, 3.63) is 46.0 Å². The third-order valence-corrected chi connectivity index (χ3v) is 4.86. The zero-order valence-corrected chi connectivity index (χ0v) is 16.0. The van der Waals surface area contributed by atoms with Crippen LogP contribution in [0.4, 0.5) is 4.39 Å². The van der Waals surface area contributed by atoms with Gasteiger partial charge in [-0.05, 0) is 37.5 Å². The second kappa shape index (κ2) is 9.56. The second-order valence-corrected chi connectivity index (χ2v) is 7.43. The molecule has 1 N–H and O–H groups in total. The number of rotatable bonds is 7. The van der Waals surface area contributed by atoms with Crippen molar-refractivity contribution in [1.82, 2.24) is 10.2 Å². The van der Waals surface area contributed by atoms with E-state index in [2.05, 4.69) is 29.3 Å². The van der Waals surface area contributed by atoms with Gasteiger partial charge >= 0.3 is 0 Å². The molecular formula is C19H25Cl2FN2O. The number of benzene rings is 1. The van der Waals surface area contributed by atoms with Crippen LogP contribution < -0.4 is 5.32 Å². The summed E-state index contributed by atoms with van der Waals surface area (Å²) in [5, 5.41) is 3.45. The summed E-state index contributed by atoms with van der Waals surface area (Å²) >= 11 is 11.8. The number of unbranched alkanes of at least 4 members (excludes halogenated alkanes) is 1. The smallest absolute Gasteiger partial charge is 0.251 e. The summed E-state index contributed by atoms with van der Waals surface area (Å²) in [6.45, 7) is 4.42. The zero-order chi connectivity index (χ0) is 18.3. The van der Waals surface area contributed by atoms with Crippen molar-refractivity contribution in [3.8, 4) is 0 Å². The molecule has 0 atom stereocenters. The highest BCUT2D eigenvalue weighted by atomic mass is 35.5. The molecule has 138 valence electrons. The van der Waals surface area contributed by atoms with Crippen LogP contribution in [-0.2, 0) is 0 Å². The van der Waals surface area contributed by atoms with E-state index in [1.165, 1.54) is 12.1 Å². The number of carbonyl (C=O) groups is 1. The number of allylic oxidation sites excluding steroid dienone is 1. The lowest BCUT2D eigenvalue weighted by Gasteiger charge is -2.36. The SMILES string of the molecule is CCC/C=C/CN1CCC(F)(CNC(=O)c2cc(Cl)cc(Cl)c2)CC1. The van der Waals surface area contributed by atoms with Gasteiger partial charge in [0.2, 0.25) is 0 Å². The molecule has 0 bridgehead atoms. The van der Waals surface area contributed by atoms with E-state index >= 15 is 0 Å². The molecule has 1 fully saturated rings. The molecule has 0 saturated carbocycles. The predicted molar refractivity (Wildman–Crippen MR) is 102 cm³/mol. The number of nitrogens with zero attached hydrogens (tertiary/aromatic N) is 1. The van der Waals surface area contributed by atoms with E-state index in [9.17, 15) is 9.18 Å². The van der Waals surface area contributed by atoms with Gasteiger partial charge in [-0.3, -0.25) is 9.69 Å². The average Bonchev–Trinajstić information content (AvgIpc) is 2.57. The van der Waals surface area contributed by atoms with Gasteiger partial charge in [0.1, 0.15) is 5.67 Å². The molecule has 0 aliphatic carbocycles. The van der Waals surface area contributed by atoms with E-state index in [-0.39, 0.29) is 12.5 Å². The van der Waals surface area contributed by atoms with Gasteiger partial charge in [-0.25, -0.2) is 4.39 Å². The molecule has 1 heterocycles. The van der Waals surface area contributed by atoms with Gasteiger partial charge in [0.05, 0.1) is 6.54 Å². The van der Waals surface area contributed by atoms with Crippen molar-refractivity contribution < 1.29 is 9.18 Å².